The van der Waals surface area contributed by atoms with Gasteiger partial charge in [-0.2, -0.15) is 8.42 Å². The Morgan fingerprint density at radius 1 is 0.532 bits per heavy atom. The molecule has 1 aliphatic rings. The Morgan fingerprint density at radius 3 is 1.34 bits per heavy atom. The third-order valence-corrected chi connectivity index (χ3v) is 12.3. The van der Waals surface area contributed by atoms with E-state index in [9.17, 15) is 37.9 Å². The number of ether oxygens (including phenoxy) is 4. The quantitative estimate of drug-likeness (QED) is 0.0197. The molecule has 0 amide bonds. The van der Waals surface area contributed by atoms with E-state index in [-0.39, 0.29) is 19.4 Å². The summed E-state index contributed by atoms with van der Waals surface area (Å²) < 4.78 is 54.2. The zero-order chi connectivity index (χ0) is 45.5. The molecule has 1 rings (SSSR count). The van der Waals surface area contributed by atoms with Crippen molar-refractivity contribution in [1.82, 2.24) is 0 Å². The molecule has 0 aromatic rings. The summed E-state index contributed by atoms with van der Waals surface area (Å²) in [5.74, 6) is -1.99. The molecule has 1 heterocycles. The number of aliphatic hydroxyl groups is 3. The van der Waals surface area contributed by atoms with E-state index in [1.807, 2.05) is 0 Å². The summed E-state index contributed by atoms with van der Waals surface area (Å²) in [4.78, 5) is 25.5. The average Bonchev–Trinajstić information content (AvgIpc) is 3.24. The van der Waals surface area contributed by atoms with Crippen molar-refractivity contribution in [3.05, 3.63) is 24.3 Å². The summed E-state index contributed by atoms with van der Waals surface area (Å²) in [6, 6.07) is 0. The van der Waals surface area contributed by atoms with Crippen molar-refractivity contribution in [2.75, 3.05) is 19.0 Å². The second-order valence-corrected chi connectivity index (χ2v) is 19.0. The lowest BCUT2D eigenvalue weighted by Gasteiger charge is -2.40. The van der Waals surface area contributed by atoms with Crippen LogP contribution in [0.4, 0.5) is 0 Å². The lowest BCUT2D eigenvalue weighted by Crippen LogP contribution is -2.60. The van der Waals surface area contributed by atoms with Crippen molar-refractivity contribution in [2.45, 2.75) is 256 Å². The number of esters is 2. The van der Waals surface area contributed by atoms with Gasteiger partial charge in [0, 0.05) is 12.8 Å². The van der Waals surface area contributed by atoms with Crippen LogP contribution in [0.3, 0.4) is 0 Å². The van der Waals surface area contributed by atoms with Gasteiger partial charge in [0.15, 0.2) is 12.4 Å². The molecule has 0 saturated carbocycles. The third-order valence-electron chi connectivity index (χ3n) is 11.5. The Morgan fingerprint density at radius 2 is 0.919 bits per heavy atom. The van der Waals surface area contributed by atoms with Gasteiger partial charge in [0.25, 0.3) is 10.1 Å². The fourth-order valence-electron chi connectivity index (χ4n) is 7.61. The van der Waals surface area contributed by atoms with Crippen LogP contribution >= 0.6 is 0 Å². The molecule has 1 aliphatic heterocycles. The fourth-order valence-corrected chi connectivity index (χ4v) is 8.30. The van der Waals surface area contributed by atoms with E-state index in [1.54, 1.807) is 0 Å². The Kier molecular flexibility index (Phi) is 37.0. The Balaban J connectivity index is 2.40. The molecule has 0 radical (unpaired) electrons. The second kappa shape index (κ2) is 39.5. The maximum Gasteiger partial charge on any atom is 0.306 e. The molecule has 0 aliphatic carbocycles. The predicted molar refractivity (Wildman–Crippen MR) is 247 cm³/mol. The summed E-state index contributed by atoms with van der Waals surface area (Å²) in [6.07, 6.45) is 35.0. The molecule has 4 N–H and O–H groups in total. The highest BCUT2D eigenvalue weighted by Gasteiger charge is 2.46. The highest BCUT2D eigenvalue weighted by atomic mass is 32.2. The highest BCUT2D eigenvalue weighted by molar-refractivity contribution is 7.85. The summed E-state index contributed by atoms with van der Waals surface area (Å²) >= 11 is 0. The fraction of sp³-hybridized carbons (Fsp3) is 0.878. The highest BCUT2D eigenvalue weighted by Crippen LogP contribution is 2.24. The van der Waals surface area contributed by atoms with Crippen LogP contribution in [-0.4, -0.2) is 96.0 Å². The first-order valence-corrected chi connectivity index (χ1v) is 26.5. The molecule has 0 aromatic carbocycles. The third kappa shape index (κ3) is 33.6. The summed E-state index contributed by atoms with van der Waals surface area (Å²) in [5, 5.41) is 30.9. The number of aliphatic hydroxyl groups excluding tert-OH is 3. The molecular weight excluding hydrogens is 813 g/mol. The molecule has 0 bridgehead atoms. The molecule has 13 heteroatoms. The zero-order valence-corrected chi connectivity index (χ0v) is 39.8. The van der Waals surface area contributed by atoms with Crippen molar-refractivity contribution in [3.8, 4) is 0 Å². The number of rotatable bonds is 42. The van der Waals surface area contributed by atoms with Crippen molar-refractivity contribution in [3.63, 3.8) is 0 Å². The van der Waals surface area contributed by atoms with E-state index < -0.39 is 71.2 Å². The molecule has 12 nitrogen and oxygen atoms in total. The van der Waals surface area contributed by atoms with Crippen molar-refractivity contribution in [2.24, 2.45) is 0 Å². The minimum absolute atomic E-state index is 0.160. The van der Waals surface area contributed by atoms with Crippen LogP contribution in [0.1, 0.15) is 219 Å². The van der Waals surface area contributed by atoms with Gasteiger partial charge in [0.1, 0.15) is 36.8 Å². The predicted octanol–water partition coefficient (Wildman–Crippen LogP) is 10.8. The zero-order valence-electron chi connectivity index (χ0n) is 39.0. The van der Waals surface area contributed by atoms with Crippen LogP contribution in [-0.2, 0) is 38.7 Å². The molecule has 1 fully saturated rings. The lowest BCUT2D eigenvalue weighted by molar-refractivity contribution is -0.297. The van der Waals surface area contributed by atoms with Crippen LogP contribution < -0.4 is 0 Å². The van der Waals surface area contributed by atoms with Gasteiger partial charge in [-0.05, 0) is 64.2 Å². The Hall–Kier alpha value is -1.87. The molecule has 0 spiro atoms. The smallest absolute Gasteiger partial charge is 0.306 e. The van der Waals surface area contributed by atoms with Crippen LogP contribution in [0, 0.1) is 0 Å². The number of carbonyl (C=O) groups is 2. The van der Waals surface area contributed by atoms with E-state index in [4.69, 9.17) is 18.9 Å². The van der Waals surface area contributed by atoms with Crippen molar-refractivity contribution in [1.29, 1.82) is 0 Å². The summed E-state index contributed by atoms with van der Waals surface area (Å²) in [7, 11) is -4.60. The van der Waals surface area contributed by atoms with Crippen molar-refractivity contribution >= 4 is 22.1 Å². The molecule has 6 unspecified atom stereocenters. The van der Waals surface area contributed by atoms with Crippen LogP contribution in [0.5, 0.6) is 0 Å². The number of hydrogen-bond donors (Lipinski definition) is 4. The Labute approximate surface area is 377 Å². The molecule has 364 valence electrons. The van der Waals surface area contributed by atoms with Gasteiger partial charge in [-0.25, -0.2) is 0 Å². The van der Waals surface area contributed by atoms with Gasteiger partial charge in [-0.15, -0.1) is 0 Å². The largest absolute Gasteiger partial charge is 0.462 e. The average molecular weight is 903 g/mol. The second-order valence-electron chi connectivity index (χ2n) is 17.5. The van der Waals surface area contributed by atoms with Gasteiger partial charge in [-0.3, -0.25) is 14.1 Å². The van der Waals surface area contributed by atoms with Gasteiger partial charge in [0.2, 0.25) is 0 Å². The lowest BCUT2D eigenvalue weighted by atomic mass is 10.00. The standard InChI is InChI=1S/C49H90O12S/c1-3-5-7-9-11-13-15-17-19-21-22-24-26-28-30-32-34-36-38-45(51)60-42(40-59-49-48(54)47(53)46(52)43(61-49)41-62(55,56)57)39-58-44(50)37-35-33-31-29-27-25-23-20-18-16-14-12-10-8-6-4-2/h19-21,23,42-43,46-49,52-54H,3-18,22,24-41H2,1-2H3,(H,55,56,57)/b21-19-,23-20-. The number of allylic oxidation sites excluding steroid dienone is 4. The van der Waals surface area contributed by atoms with Gasteiger partial charge < -0.3 is 34.3 Å². The molecule has 6 atom stereocenters. The maximum atomic E-state index is 12.8. The number of carbonyl (C=O) groups excluding carboxylic acids is 2. The summed E-state index contributed by atoms with van der Waals surface area (Å²) in [5.41, 5.74) is 0. The van der Waals surface area contributed by atoms with Gasteiger partial charge in [0.05, 0.1) is 6.61 Å². The number of unbranched alkanes of at least 4 members (excludes halogenated alkanes) is 26. The minimum atomic E-state index is -4.60. The summed E-state index contributed by atoms with van der Waals surface area (Å²) in [6.45, 7) is 3.77. The molecule has 62 heavy (non-hydrogen) atoms. The first kappa shape index (κ1) is 58.1. The SMILES string of the molecule is CCCCCCCCC/C=C\CCCCCCCCCC(=O)OC(COC(=O)CCCCCCC/C=C\CCCCCCCCC)COC1OC(CS(=O)(=O)O)C(O)C(O)C1O. The molecular formula is C49H90O12S. The minimum Gasteiger partial charge on any atom is -0.462 e. The van der Waals surface area contributed by atoms with E-state index in [1.165, 1.54) is 109 Å². The maximum absolute atomic E-state index is 12.8. The first-order chi connectivity index (χ1) is 30.0. The monoisotopic (exact) mass is 903 g/mol. The van der Waals surface area contributed by atoms with E-state index in [2.05, 4.69) is 38.2 Å². The molecule has 0 aromatic heterocycles. The van der Waals surface area contributed by atoms with E-state index >= 15 is 0 Å². The normalized spacial score (nSPS) is 20.0. The topological polar surface area (TPSA) is 186 Å². The van der Waals surface area contributed by atoms with Gasteiger partial charge in [-0.1, -0.05) is 167 Å². The van der Waals surface area contributed by atoms with E-state index in [0.29, 0.717) is 12.8 Å². The molecule has 1 saturated heterocycles. The van der Waals surface area contributed by atoms with Crippen LogP contribution in [0.25, 0.3) is 0 Å². The van der Waals surface area contributed by atoms with Crippen LogP contribution in [0.2, 0.25) is 0 Å². The van der Waals surface area contributed by atoms with E-state index in [0.717, 1.165) is 70.6 Å². The van der Waals surface area contributed by atoms with Crippen LogP contribution in [0.15, 0.2) is 24.3 Å². The van der Waals surface area contributed by atoms with Gasteiger partial charge >= 0.3 is 11.9 Å². The van der Waals surface area contributed by atoms with Crippen molar-refractivity contribution < 1.29 is 56.8 Å². The Bertz CT molecular complexity index is 1240. The number of hydrogen-bond acceptors (Lipinski definition) is 11. The first-order valence-electron chi connectivity index (χ1n) is 24.9.